The van der Waals surface area contributed by atoms with Crippen molar-refractivity contribution in [1.82, 2.24) is 4.90 Å². The summed E-state index contributed by atoms with van der Waals surface area (Å²) in [5, 5.41) is 0. The molecule has 94 valence electrons. The summed E-state index contributed by atoms with van der Waals surface area (Å²) in [6.45, 7) is 5.29. The van der Waals surface area contributed by atoms with Crippen LogP contribution in [0.25, 0.3) is 0 Å². The van der Waals surface area contributed by atoms with Gasteiger partial charge in [-0.2, -0.15) is 0 Å². The molecule has 1 aliphatic rings. The predicted octanol–water partition coefficient (Wildman–Crippen LogP) is 1.54. The van der Waals surface area contributed by atoms with Gasteiger partial charge in [-0.3, -0.25) is 4.90 Å². The Morgan fingerprint density at radius 2 is 2.06 bits per heavy atom. The van der Waals surface area contributed by atoms with E-state index in [4.69, 9.17) is 10.5 Å². The van der Waals surface area contributed by atoms with Crippen LogP contribution in [0.5, 0.6) is 0 Å². The molecule has 0 aliphatic carbocycles. The maximum atomic E-state index is 5.93. The smallest absolute Gasteiger partial charge is 0.0663 e. The normalized spacial score (nSPS) is 24.5. The van der Waals surface area contributed by atoms with Crippen molar-refractivity contribution in [3.8, 4) is 0 Å². The maximum absolute atomic E-state index is 5.93. The minimum atomic E-state index is 0.0326. The zero-order chi connectivity index (χ0) is 12.3. The Morgan fingerprint density at radius 1 is 1.35 bits per heavy atom. The number of hydrogen-bond acceptors (Lipinski definition) is 3. The van der Waals surface area contributed by atoms with E-state index < -0.39 is 0 Å². The van der Waals surface area contributed by atoms with Gasteiger partial charge in [0.15, 0.2) is 0 Å². The minimum Gasteiger partial charge on any atom is -0.379 e. The lowest BCUT2D eigenvalue weighted by Gasteiger charge is -2.36. The molecule has 0 spiro atoms. The molecule has 0 amide bonds. The van der Waals surface area contributed by atoms with E-state index in [9.17, 15) is 0 Å². The molecule has 0 bridgehead atoms. The molecule has 0 aromatic heterocycles. The fourth-order valence-electron chi connectivity index (χ4n) is 2.35. The van der Waals surface area contributed by atoms with Gasteiger partial charge in [0.05, 0.1) is 12.1 Å². The fourth-order valence-corrected chi connectivity index (χ4v) is 2.35. The zero-order valence-electron chi connectivity index (χ0n) is 10.8. The maximum Gasteiger partial charge on any atom is 0.0663 e. The molecule has 0 saturated carbocycles. The largest absolute Gasteiger partial charge is 0.379 e. The molecular formula is C14H22N2O. The van der Waals surface area contributed by atoms with E-state index in [1.807, 2.05) is 0 Å². The van der Waals surface area contributed by atoms with Crippen LogP contribution in [0, 0.1) is 6.92 Å². The van der Waals surface area contributed by atoms with Crippen LogP contribution in [0.3, 0.4) is 0 Å². The molecule has 1 aliphatic heterocycles. The van der Waals surface area contributed by atoms with E-state index in [0.717, 1.165) is 26.2 Å². The van der Waals surface area contributed by atoms with Gasteiger partial charge in [-0.1, -0.05) is 29.8 Å². The van der Waals surface area contributed by atoms with Gasteiger partial charge in [-0.15, -0.1) is 0 Å². The van der Waals surface area contributed by atoms with Crippen molar-refractivity contribution in [3.05, 3.63) is 35.4 Å². The molecule has 17 heavy (non-hydrogen) atoms. The van der Waals surface area contributed by atoms with Crippen molar-refractivity contribution in [2.45, 2.75) is 25.4 Å². The van der Waals surface area contributed by atoms with Crippen LogP contribution >= 0.6 is 0 Å². The van der Waals surface area contributed by atoms with Gasteiger partial charge in [0, 0.05) is 19.7 Å². The Labute approximate surface area is 104 Å². The van der Waals surface area contributed by atoms with Gasteiger partial charge in [0.1, 0.15) is 0 Å². The van der Waals surface area contributed by atoms with E-state index >= 15 is 0 Å². The Hall–Kier alpha value is -0.900. The summed E-state index contributed by atoms with van der Waals surface area (Å²) < 4.78 is 5.51. The molecule has 2 N–H and O–H groups in total. The van der Waals surface area contributed by atoms with E-state index in [0.29, 0.717) is 6.54 Å². The van der Waals surface area contributed by atoms with Crippen LogP contribution < -0.4 is 5.73 Å². The van der Waals surface area contributed by atoms with Gasteiger partial charge in [-0.25, -0.2) is 0 Å². The third-order valence-electron chi connectivity index (χ3n) is 3.81. The van der Waals surface area contributed by atoms with Crippen LogP contribution in [0.1, 0.15) is 17.5 Å². The fraction of sp³-hybridized carbons (Fsp3) is 0.571. The lowest BCUT2D eigenvalue weighted by molar-refractivity contribution is 0.0882. The number of nitrogens with two attached hydrogens (primary N) is 1. The molecule has 1 atom stereocenters. The van der Waals surface area contributed by atoms with Crippen LogP contribution in [-0.2, 0) is 11.3 Å². The molecule has 3 heteroatoms. The minimum absolute atomic E-state index is 0.0326. The quantitative estimate of drug-likeness (QED) is 0.859. The Balaban J connectivity index is 2.05. The first-order valence-electron chi connectivity index (χ1n) is 6.21. The van der Waals surface area contributed by atoms with Crippen molar-refractivity contribution in [1.29, 1.82) is 0 Å². The summed E-state index contributed by atoms with van der Waals surface area (Å²) >= 11 is 0. The second-order valence-electron chi connectivity index (χ2n) is 5.07. The van der Waals surface area contributed by atoms with Gasteiger partial charge < -0.3 is 10.5 Å². The van der Waals surface area contributed by atoms with E-state index in [-0.39, 0.29) is 5.54 Å². The molecular weight excluding hydrogens is 212 g/mol. The number of aryl methyl sites for hydroxylation is 1. The zero-order valence-corrected chi connectivity index (χ0v) is 10.8. The number of benzene rings is 1. The third-order valence-corrected chi connectivity index (χ3v) is 3.81. The molecule has 0 radical (unpaired) electrons. The number of likely N-dealkylation sites (N-methyl/N-ethyl adjacent to an activating group) is 1. The van der Waals surface area contributed by atoms with Crippen molar-refractivity contribution < 1.29 is 4.74 Å². The van der Waals surface area contributed by atoms with Gasteiger partial charge in [-0.05, 0) is 26.0 Å². The van der Waals surface area contributed by atoms with E-state index in [1.54, 1.807) is 0 Å². The highest BCUT2D eigenvalue weighted by Gasteiger charge is 2.37. The summed E-state index contributed by atoms with van der Waals surface area (Å²) in [5.74, 6) is 0. The van der Waals surface area contributed by atoms with E-state index in [1.165, 1.54) is 11.1 Å². The second-order valence-corrected chi connectivity index (χ2v) is 5.07. The van der Waals surface area contributed by atoms with Gasteiger partial charge in [0.2, 0.25) is 0 Å². The van der Waals surface area contributed by atoms with Crippen molar-refractivity contribution in [2.24, 2.45) is 5.73 Å². The van der Waals surface area contributed by atoms with Crippen molar-refractivity contribution >= 4 is 0 Å². The summed E-state index contributed by atoms with van der Waals surface area (Å²) in [6.07, 6.45) is 1.03. The lowest BCUT2D eigenvalue weighted by atomic mass is 9.96. The summed E-state index contributed by atoms with van der Waals surface area (Å²) in [5.41, 5.74) is 8.59. The van der Waals surface area contributed by atoms with E-state index in [2.05, 4.69) is 43.1 Å². The standard InChI is InChI=1S/C14H22N2O/c1-12-3-5-13(6-4-12)9-16(2)14(10-15)7-8-17-11-14/h3-6H,7-11,15H2,1-2H3. The molecule has 3 nitrogen and oxygen atoms in total. The molecule has 1 aromatic carbocycles. The molecule has 1 aromatic rings. The van der Waals surface area contributed by atoms with Crippen LogP contribution in [0.15, 0.2) is 24.3 Å². The first kappa shape index (κ1) is 12.6. The van der Waals surface area contributed by atoms with Crippen molar-refractivity contribution in [2.75, 3.05) is 26.8 Å². The Bertz CT molecular complexity index is 355. The van der Waals surface area contributed by atoms with Gasteiger partial charge >= 0.3 is 0 Å². The molecule has 2 rings (SSSR count). The van der Waals surface area contributed by atoms with Crippen LogP contribution in [0.2, 0.25) is 0 Å². The molecule has 1 unspecified atom stereocenters. The number of ether oxygens (including phenoxy) is 1. The average Bonchev–Trinajstić information content (AvgIpc) is 2.82. The average molecular weight is 234 g/mol. The Morgan fingerprint density at radius 3 is 2.59 bits per heavy atom. The highest BCUT2D eigenvalue weighted by atomic mass is 16.5. The lowest BCUT2D eigenvalue weighted by Crippen LogP contribution is -2.52. The first-order chi connectivity index (χ1) is 8.16. The van der Waals surface area contributed by atoms with Crippen LogP contribution in [-0.4, -0.2) is 37.2 Å². The van der Waals surface area contributed by atoms with Crippen molar-refractivity contribution in [3.63, 3.8) is 0 Å². The SMILES string of the molecule is Cc1ccc(CN(C)C2(CN)CCOC2)cc1. The highest BCUT2D eigenvalue weighted by molar-refractivity contribution is 5.21. The summed E-state index contributed by atoms with van der Waals surface area (Å²) in [7, 11) is 2.14. The number of rotatable bonds is 4. The highest BCUT2D eigenvalue weighted by Crippen LogP contribution is 2.25. The number of hydrogen-bond donors (Lipinski definition) is 1. The third kappa shape index (κ3) is 2.68. The van der Waals surface area contributed by atoms with Gasteiger partial charge in [0.25, 0.3) is 0 Å². The van der Waals surface area contributed by atoms with Crippen LogP contribution in [0.4, 0.5) is 0 Å². The first-order valence-corrected chi connectivity index (χ1v) is 6.21. The monoisotopic (exact) mass is 234 g/mol. The summed E-state index contributed by atoms with van der Waals surface area (Å²) in [4.78, 5) is 2.34. The second kappa shape index (κ2) is 5.17. The molecule has 1 fully saturated rings. The Kier molecular flexibility index (Phi) is 3.82. The topological polar surface area (TPSA) is 38.5 Å². The molecule has 1 saturated heterocycles. The molecule has 1 heterocycles. The summed E-state index contributed by atoms with van der Waals surface area (Å²) in [6, 6.07) is 8.69. The number of nitrogens with zero attached hydrogens (tertiary/aromatic N) is 1. The predicted molar refractivity (Wildman–Crippen MR) is 69.9 cm³/mol.